The van der Waals surface area contributed by atoms with Crippen molar-refractivity contribution in [1.82, 2.24) is 20.3 Å². The number of primary amides is 1. The van der Waals surface area contributed by atoms with E-state index in [0.717, 1.165) is 37.3 Å². The number of rotatable bonds is 8. The van der Waals surface area contributed by atoms with E-state index in [1.165, 1.54) is 25.7 Å². The van der Waals surface area contributed by atoms with E-state index in [2.05, 4.69) is 43.1 Å². The Morgan fingerprint density at radius 3 is 2.65 bits per heavy atom. The van der Waals surface area contributed by atoms with Crippen molar-refractivity contribution >= 4 is 29.4 Å². The maximum atomic E-state index is 11.6. The molecule has 6 N–H and O–H groups in total. The molecular formula is C22H32N8O. The molecule has 1 atom stereocenters. The number of nitrogens with two attached hydrogens (primary N) is 1. The van der Waals surface area contributed by atoms with Crippen molar-refractivity contribution < 1.29 is 4.79 Å². The molecule has 0 spiro atoms. The summed E-state index contributed by atoms with van der Waals surface area (Å²) in [5, 5.41) is 13.4. The zero-order valence-electron chi connectivity index (χ0n) is 18.3. The molecule has 1 aliphatic carbocycles. The molecule has 1 saturated carbocycles. The van der Waals surface area contributed by atoms with E-state index >= 15 is 0 Å². The lowest BCUT2D eigenvalue weighted by molar-refractivity contribution is 0.100. The summed E-state index contributed by atoms with van der Waals surface area (Å²) in [5.74, 6) is 1.03. The van der Waals surface area contributed by atoms with Gasteiger partial charge >= 0.3 is 0 Å². The normalized spacial score (nSPS) is 19.9. The van der Waals surface area contributed by atoms with Crippen LogP contribution < -0.4 is 27.0 Å². The van der Waals surface area contributed by atoms with Gasteiger partial charge in [-0.15, -0.1) is 0 Å². The topological polar surface area (TPSA) is 130 Å². The van der Waals surface area contributed by atoms with Crippen molar-refractivity contribution in [3.63, 3.8) is 0 Å². The number of amides is 1. The molecule has 1 saturated heterocycles. The molecule has 1 amide bonds. The van der Waals surface area contributed by atoms with Crippen molar-refractivity contribution in [2.45, 2.75) is 52.0 Å². The number of carbonyl (C=O) groups excluding carboxylic acids is 1. The van der Waals surface area contributed by atoms with Gasteiger partial charge in [0.2, 0.25) is 23.8 Å². The highest BCUT2D eigenvalue weighted by Gasteiger charge is 2.28. The average molecular weight is 425 g/mol. The molecule has 4 rings (SSSR count). The van der Waals surface area contributed by atoms with Crippen LogP contribution in [0.15, 0.2) is 18.2 Å². The first kappa shape index (κ1) is 21.3. The average Bonchev–Trinajstić information content (AvgIpc) is 3.40. The predicted molar refractivity (Wildman–Crippen MR) is 123 cm³/mol. The number of benzene rings is 1. The van der Waals surface area contributed by atoms with Gasteiger partial charge in [-0.05, 0) is 55.8 Å². The van der Waals surface area contributed by atoms with Gasteiger partial charge in [0, 0.05) is 30.4 Å². The fraction of sp³-hybridized carbons (Fsp3) is 0.545. The van der Waals surface area contributed by atoms with Gasteiger partial charge in [-0.1, -0.05) is 25.8 Å². The third kappa shape index (κ3) is 5.41. The number of carbonyl (C=O) groups is 1. The molecule has 2 heterocycles. The molecular weight excluding hydrogens is 392 g/mol. The van der Waals surface area contributed by atoms with Gasteiger partial charge in [0.15, 0.2) is 0 Å². The predicted octanol–water partition coefficient (Wildman–Crippen LogP) is 2.79. The van der Waals surface area contributed by atoms with E-state index in [-0.39, 0.29) is 11.5 Å². The van der Waals surface area contributed by atoms with E-state index in [9.17, 15) is 4.79 Å². The van der Waals surface area contributed by atoms with E-state index in [1.807, 2.05) is 13.0 Å². The van der Waals surface area contributed by atoms with E-state index in [0.29, 0.717) is 23.4 Å². The summed E-state index contributed by atoms with van der Waals surface area (Å²) in [6, 6.07) is 5.58. The summed E-state index contributed by atoms with van der Waals surface area (Å²) < 4.78 is 0. The molecule has 9 heteroatoms. The van der Waals surface area contributed by atoms with Crippen LogP contribution in [-0.2, 0) is 0 Å². The molecule has 2 aliphatic rings. The maximum absolute atomic E-state index is 11.6. The highest BCUT2D eigenvalue weighted by molar-refractivity contribution is 5.94. The van der Waals surface area contributed by atoms with Crippen LogP contribution >= 0.6 is 0 Å². The van der Waals surface area contributed by atoms with E-state index < -0.39 is 5.91 Å². The van der Waals surface area contributed by atoms with Crippen LogP contribution in [0.5, 0.6) is 0 Å². The van der Waals surface area contributed by atoms with Gasteiger partial charge in [0.05, 0.1) is 0 Å². The Labute approximate surface area is 183 Å². The molecule has 166 valence electrons. The van der Waals surface area contributed by atoms with Crippen molar-refractivity contribution in [3.05, 3.63) is 29.3 Å². The second kappa shape index (κ2) is 9.05. The number of hydrogen-bond donors (Lipinski definition) is 5. The van der Waals surface area contributed by atoms with Crippen molar-refractivity contribution in [2.24, 2.45) is 11.1 Å². The summed E-state index contributed by atoms with van der Waals surface area (Å²) in [6.07, 6.45) is 6.01. The molecule has 9 nitrogen and oxygen atoms in total. The van der Waals surface area contributed by atoms with E-state index in [1.54, 1.807) is 12.1 Å². The van der Waals surface area contributed by atoms with Crippen LogP contribution in [0, 0.1) is 12.3 Å². The van der Waals surface area contributed by atoms with Crippen LogP contribution in [0.3, 0.4) is 0 Å². The SMILES string of the molecule is Cc1ccc(C(N)=O)cc1Nc1nc(NCC2(C)CCCC2)nc(N[C@H]2CCNC2)n1. The third-order valence-corrected chi connectivity index (χ3v) is 6.28. The molecule has 31 heavy (non-hydrogen) atoms. The summed E-state index contributed by atoms with van der Waals surface area (Å²) >= 11 is 0. The highest BCUT2D eigenvalue weighted by Crippen LogP contribution is 2.37. The Hall–Kier alpha value is -2.94. The first-order chi connectivity index (χ1) is 14.9. The largest absolute Gasteiger partial charge is 0.366 e. The van der Waals surface area contributed by atoms with Crippen molar-refractivity contribution in [3.8, 4) is 0 Å². The standard InChI is InChI=1S/C22H32N8O/c1-14-5-6-15(18(23)31)11-17(14)27-21-29-19(25-13-22(2)8-3-4-9-22)28-20(30-21)26-16-7-10-24-12-16/h5-6,11,16,24H,3-4,7-10,12-13H2,1-2H3,(H2,23,31)(H3,25,26,27,28,29,30)/t16-/m0/s1. The molecule has 2 aromatic rings. The molecule has 0 unspecified atom stereocenters. The summed E-state index contributed by atoms with van der Waals surface area (Å²) in [6.45, 7) is 6.97. The minimum absolute atomic E-state index is 0.273. The first-order valence-corrected chi connectivity index (χ1v) is 11.0. The number of nitrogens with one attached hydrogen (secondary N) is 4. The Morgan fingerprint density at radius 2 is 1.94 bits per heavy atom. The minimum atomic E-state index is -0.470. The molecule has 1 aliphatic heterocycles. The Balaban J connectivity index is 1.57. The quantitative estimate of drug-likeness (QED) is 0.437. The van der Waals surface area contributed by atoms with Crippen LogP contribution in [0.2, 0.25) is 0 Å². The Morgan fingerprint density at radius 1 is 1.19 bits per heavy atom. The van der Waals surface area contributed by atoms with Crippen molar-refractivity contribution in [1.29, 1.82) is 0 Å². The lowest BCUT2D eigenvalue weighted by Gasteiger charge is -2.24. The smallest absolute Gasteiger partial charge is 0.248 e. The molecule has 1 aromatic heterocycles. The van der Waals surface area contributed by atoms with Crippen LogP contribution in [0.25, 0.3) is 0 Å². The number of hydrogen-bond acceptors (Lipinski definition) is 8. The highest BCUT2D eigenvalue weighted by atomic mass is 16.1. The fourth-order valence-corrected chi connectivity index (χ4v) is 4.26. The number of anilines is 4. The molecule has 1 aromatic carbocycles. The summed E-state index contributed by atoms with van der Waals surface area (Å²) in [5.41, 5.74) is 7.86. The van der Waals surface area contributed by atoms with Gasteiger partial charge in [0.1, 0.15) is 0 Å². The zero-order chi connectivity index (χ0) is 21.8. The van der Waals surface area contributed by atoms with Gasteiger partial charge in [0.25, 0.3) is 0 Å². The molecule has 0 radical (unpaired) electrons. The van der Waals surface area contributed by atoms with Gasteiger partial charge in [-0.25, -0.2) is 0 Å². The van der Waals surface area contributed by atoms with Gasteiger partial charge in [-0.2, -0.15) is 15.0 Å². The maximum Gasteiger partial charge on any atom is 0.248 e. The third-order valence-electron chi connectivity index (χ3n) is 6.28. The lowest BCUT2D eigenvalue weighted by atomic mass is 9.89. The zero-order valence-corrected chi connectivity index (χ0v) is 18.3. The molecule has 0 bridgehead atoms. The van der Waals surface area contributed by atoms with E-state index in [4.69, 9.17) is 5.73 Å². The van der Waals surface area contributed by atoms with Crippen molar-refractivity contribution in [2.75, 3.05) is 35.6 Å². The fourth-order valence-electron chi connectivity index (χ4n) is 4.26. The second-order valence-electron chi connectivity index (χ2n) is 9.03. The Kier molecular flexibility index (Phi) is 6.22. The Bertz CT molecular complexity index is 935. The first-order valence-electron chi connectivity index (χ1n) is 11.0. The lowest BCUT2D eigenvalue weighted by Crippen LogP contribution is -2.26. The van der Waals surface area contributed by atoms with Gasteiger partial charge in [-0.3, -0.25) is 4.79 Å². The number of aryl methyl sites for hydroxylation is 1. The van der Waals surface area contributed by atoms with Crippen LogP contribution in [-0.4, -0.2) is 46.5 Å². The number of nitrogens with zero attached hydrogens (tertiary/aromatic N) is 3. The summed E-state index contributed by atoms with van der Waals surface area (Å²) in [7, 11) is 0. The molecule has 2 fully saturated rings. The minimum Gasteiger partial charge on any atom is -0.366 e. The van der Waals surface area contributed by atoms with Crippen LogP contribution in [0.1, 0.15) is 54.9 Å². The van der Waals surface area contributed by atoms with Gasteiger partial charge < -0.3 is 27.0 Å². The second-order valence-corrected chi connectivity index (χ2v) is 9.03. The summed E-state index contributed by atoms with van der Waals surface area (Å²) in [4.78, 5) is 25.4. The monoisotopic (exact) mass is 424 g/mol. The van der Waals surface area contributed by atoms with Crippen LogP contribution in [0.4, 0.5) is 23.5 Å². The number of aromatic nitrogens is 3.